The number of hydrogen-bond acceptors (Lipinski definition) is 6. The lowest BCUT2D eigenvalue weighted by molar-refractivity contribution is -0.117. The van der Waals surface area contributed by atoms with Crippen LogP contribution in [0.2, 0.25) is 0 Å². The second-order valence-corrected chi connectivity index (χ2v) is 22.1. The number of hydrogen-bond donors (Lipinski definition) is 0. The van der Waals surface area contributed by atoms with E-state index >= 15 is 0 Å². The first-order valence-corrected chi connectivity index (χ1v) is 27.6. The molecule has 0 saturated heterocycles. The zero-order chi connectivity index (χ0) is 53.4. The van der Waals surface area contributed by atoms with Gasteiger partial charge in [0.2, 0.25) is 0 Å². The fourth-order valence-corrected chi connectivity index (χ4v) is 10.5. The first-order valence-electron chi connectivity index (χ1n) is 27.6. The lowest BCUT2D eigenvalue weighted by Crippen LogP contribution is -2.28. The standard InChI is InChI=1S/C34H35FO3.C34H41FO3.CH4/c1-24(36)6-4-9-27-14-15-33(22-34(27)29-10-5-11-30(35)21-29)38-32-18-16-31(17-19-32)37-23-25-12-13-26-7-2-3-8-28(26)20-25;1-24(36)7-5-8-26-13-16-32(22-33(26)27-9-6-10-29(35)21-27)38-31-19-17-30(18-20-31)37-23-25-11-14-28(15-12-25)34(2,3)4;/h2-3,5,7-8,10-15,20-22,31-32H,4,6,9,16-19,23H2,1H3;6,9-16,21-22,30-31H,5,7-8,17-20,23H2,1-4H3;1H4. The molecule has 0 bridgehead atoms. The zero-order valence-corrected chi connectivity index (χ0v) is 45.3. The maximum absolute atomic E-state index is 14.0. The molecular weight excluding hydrogens is 963 g/mol. The molecule has 2 fully saturated rings. The molecule has 0 atom stereocenters. The Labute approximate surface area is 457 Å². The van der Waals surface area contributed by atoms with Gasteiger partial charge in [-0.1, -0.05) is 125 Å². The molecule has 0 N–H and O–H groups in total. The third-order valence-corrected chi connectivity index (χ3v) is 14.8. The van der Waals surface area contributed by atoms with E-state index in [-0.39, 0.29) is 60.5 Å². The molecule has 0 amide bonds. The van der Waals surface area contributed by atoms with Crippen LogP contribution < -0.4 is 9.47 Å². The molecule has 0 radical (unpaired) electrons. The molecule has 0 heterocycles. The van der Waals surface area contributed by atoms with Crippen molar-refractivity contribution in [2.45, 2.75) is 175 Å². The second kappa shape index (κ2) is 28.2. The van der Waals surface area contributed by atoms with Gasteiger partial charge in [0, 0.05) is 12.8 Å². The summed E-state index contributed by atoms with van der Waals surface area (Å²) in [5, 5.41) is 2.49. The Hall–Kier alpha value is -6.48. The quantitative estimate of drug-likeness (QED) is 0.0757. The molecule has 0 aromatic heterocycles. The van der Waals surface area contributed by atoms with Crippen LogP contribution in [0.4, 0.5) is 8.78 Å². The fourth-order valence-electron chi connectivity index (χ4n) is 10.5. The molecule has 77 heavy (non-hydrogen) atoms. The molecule has 0 aliphatic heterocycles. The lowest BCUT2D eigenvalue weighted by Gasteiger charge is -2.29. The van der Waals surface area contributed by atoms with Crippen LogP contribution in [-0.2, 0) is 50.5 Å². The second-order valence-electron chi connectivity index (χ2n) is 22.1. The highest BCUT2D eigenvalue weighted by molar-refractivity contribution is 5.83. The molecule has 7 aromatic carbocycles. The summed E-state index contributed by atoms with van der Waals surface area (Å²) in [5.74, 6) is 1.48. The molecule has 9 rings (SSSR count). The topological polar surface area (TPSA) is 71.1 Å². The molecule has 406 valence electrons. The maximum Gasteiger partial charge on any atom is 0.129 e. The van der Waals surface area contributed by atoms with Gasteiger partial charge >= 0.3 is 0 Å². The molecule has 6 nitrogen and oxygen atoms in total. The summed E-state index contributed by atoms with van der Waals surface area (Å²) >= 11 is 0. The van der Waals surface area contributed by atoms with E-state index < -0.39 is 0 Å². The van der Waals surface area contributed by atoms with Gasteiger partial charge in [-0.05, 0) is 212 Å². The van der Waals surface area contributed by atoms with Gasteiger partial charge in [-0.3, -0.25) is 0 Å². The third-order valence-electron chi connectivity index (χ3n) is 14.8. The van der Waals surface area contributed by atoms with Crippen molar-refractivity contribution in [2.75, 3.05) is 0 Å². The van der Waals surface area contributed by atoms with Gasteiger partial charge in [0.25, 0.3) is 0 Å². The van der Waals surface area contributed by atoms with Crippen molar-refractivity contribution in [3.63, 3.8) is 0 Å². The zero-order valence-electron chi connectivity index (χ0n) is 45.3. The highest BCUT2D eigenvalue weighted by Gasteiger charge is 2.25. The van der Waals surface area contributed by atoms with Gasteiger partial charge in [-0.15, -0.1) is 0 Å². The van der Waals surface area contributed by atoms with E-state index in [1.807, 2.05) is 36.4 Å². The minimum absolute atomic E-state index is 0. The van der Waals surface area contributed by atoms with Crippen molar-refractivity contribution in [2.24, 2.45) is 0 Å². The van der Waals surface area contributed by atoms with Crippen molar-refractivity contribution in [1.29, 1.82) is 0 Å². The Morgan fingerprint density at radius 2 is 0.922 bits per heavy atom. The normalized spacial score (nSPS) is 17.4. The van der Waals surface area contributed by atoms with Crippen molar-refractivity contribution in [1.82, 2.24) is 0 Å². The average Bonchev–Trinajstić information content (AvgIpc) is 3.41. The van der Waals surface area contributed by atoms with Gasteiger partial charge in [0.05, 0.1) is 37.6 Å². The van der Waals surface area contributed by atoms with E-state index in [4.69, 9.17) is 18.9 Å². The summed E-state index contributed by atoms with van der Waals surface area (Å²) in [6.07, 6.45) is 12.7. The molecule has 2 saturated carbocycles. The molecule has 0 spiro atoms. The average molecular weight is 1040 g/mol. The summed E-state index contributed by atoms with van der Waals surface area (Å²) < 4.78 is 53.3. The van der Waals surface area contributed by atoms with Gasteiger partial charge in [0.15, 0.2) is 0 Å². The summed E-state index contributed by atoms with van der Waals surface area (Å²) in [5.41, 5.74) is 9.74. The largest absolute Gasteiger partial charge is 0.490 e. The number of ketones is 2. The lowest BCUT2D eigenvalue weighted by atomic mass is 9.87. The van der Waals surface area contributed by atoms with Crippen LogP contribution in [0.1, 0.15) is 147 Å². The molecule has 2 aliphatic carbocycles. The SMILES string of the molecule is C.CC(=O)CCCc1ccc(OC2CCC(OCc3ccc(C(C)(C)C)cc3)CC2)cc1-c1cccc(F)c1.CC(=O)CCCc1ccc(OC2CCC(OCc3ccc4ccccc4c3)CC2)cc1-c1cccc(F)c1. The first-order chi connectivity index (χ1) is 36.7. The van der Waals surface area contributed by atoms with Gasteiger partial charge < -0.3 is 28.5 Å². The van der Waals surface area contributed by atoms with E-state index in [1.54, 1.807) is 38.1 Å². The molecular formula is C69H80F2O6. The summed E-state index contributed by atoms with van der Waals surface area (Å²) in [7, 11) is 0. The number of carbonyl (C=O) groups is 2. The molecule has 7 aromatic rings. The smallest absolute Gasteiger partial charge is 0.129 e. The van der Waals surface area contributed by atoms with Crippen molar-refractivity contribution in [3.8, 4) is 33.8 Å². The Morgan fingerprint density at radius 3 is 1.38 bits per heavy atom. The van der Waals surface area contributed by atoms with Crippen molar-refractivity contribution >= 4 is 22.3 Å². The van der Waals surface area contributed by atoms with Crippen molar-refractivity contribution in [3.05, 3.63) is 191 Å². The summed E-state index contributed by atoms with van der Waals surface area (Å²) in [6.45, 7) is 11.2. The van der Waals surface area contributed by atoms with Crippen LogP contribution in [-0.4, -0.2) is 36.0 Å². The number of ether oxygens (including phenoxy) is 4. The van der Waals surface area contributed by atoms with Gasteiger partial charge in [-0.25, -0.2) is 8.78 Å². The third kappa shape index (κ3) is 17.8. The van der Waals surface area contributed by atoms with E-state index in [9.17, 15) is 18.4 Å². The van der Waals surface area contributed by atoms with Crippen LogP contribution in [0.15, 0.2) is 152 Å². The number of benzene rings is 7. The fraction of sp³-hybridized carbons (Fsp3) is 0.391. The van der Waals surface area contributed by atoms with Crippen LogP contribution in [0.3, 0.4) is 0 Å². The number of carbonyl (C=O) groups excluding carboxylic acids is 2. The number of Topliss-reactive ketones (excluding diaryl/α,β-unsaturated/α-hetero) is 2. The van der Waals surface area contributed by atoms with Crippen LogP contribution in [0, 0.1) is 11.6 Å². The first kappa shape index (κ1) is 58.2. The summed E-state index contributed by atoms with van der Waals surface area (Å²) in [4.78, 5) is 22.8. The number of aryl methyl sites for hydroxylation is 2. The monoisotopic (exact) mass is 1040 g/mol. The highest BCUT2D eigenvalue weighted by Crippen LogP contribution is 2.35. The number of rotatable bonds is 20. The molecule has 0 unspecified atom stereocenters. The Balaban J connectivity index is 0.000000221. The Bertz CT molecular complexity index is 2990. The Morgan fingerprint density at radius 1 is 0.481 bits per heavy atom. The van der Waals surface area contributed by atoms with Gasteiger partial charge in [-0.2, -0.15) is 0 Å². The van der Waals surface area contributed by atoms with E-state index in [0.29, 0.717) is 26.1 Å². The predicted molar refractivity (Wildman–Crippen MR) is 310 cm³/mol. The number of fused-ring (bicyclic) bond motifs is 1. The van der Waals surface area contributed by atoms with Crippen molar-refractivity contribution < 1.29 is 37.3 Å². The molecule has 2 aliphatic rings. The minimum Gasteiger partial charge on any atom is -0.490 e. The van der Waals surface area contributed by atoms with E-state index in [2.05, 4.69) is 99.6 Å². The maximum atomic E-state index is 14.0. The molecule has 8 heteroatoms. The highest BCUT2D eigenvalue weighted by atomic mass is 19.1. The predicted octanol–water partition coefficient (Wildman–Crippen LogP) is 17.7. The van der Waals surface area contributed by atoms with Crippen LogP contribution >= 0.6 is 0 Å². The van der Waals surface area contributed by atoms with Gasteiger partial charge in [0.1, 0.15) is 34.7 Å². The summed E-state index contributed by atoms with van der Waals surface area (Å²) in [6, 6.07) is 49.2. The minimum atomic E-state index is -0.259. The van der Waals surface area contributed by atoms with E-state index in [0.717, 1.165) is 122 Å². The number of halogens is 2. The Kier molecular flexibility index (Phi) is 21.3. The van der Waals surface area contributed by atoms with Crippen LogP contribution in [0.5, 0.6) is 11.5 Å². The van der Waals surface area contributed by atoms with Crippen LogP contribution in [0.25, 0.3) is 33.0 Å². The van der Waals surface area contributed by atoms with E-state index in [1.165, 1.54) is 39.6 Å².